The number of benzene rings is 2. The maximum Gasteiger partial charge on any atom is 0.266 e. The van der Waals surface area contributed by atoms with Crippen molar-refractivity contribution in [2.24, 2.45) is 0 Å². The minimum Gasteiger partial charge on any atom is -0.454 e. The van der Waals surface area contributed by atoms with Crippen LogP contribution >= 0.6 is 35.7 Å². The van der Waals surface area contributed by atoms with Gasteiger partial charge in [0.2, 0.25) is 17.9 Å². The third-order valence-corrected chi connectivity index (χ3v) is 7.30. The monoisotopic (exact) mass is 526 g/mol. The van der Waals surface area contributed by atoms with E-state index in [-0.39, 0.29) is 37.4 Å². The number of rotatable bonds is 8. The third kappa shape index (κ3) is 5.31. The van der Waals surface area contributed by atoms with Gasteiger partial charge in [0.25, 0.3) is 5.91 Å². The second-order valence-corrected chi connectivity index (χ2v) is 9.91. The van der Waals surface area contributed by atoms with Gasteiger partial charge in [0.1, 0.15) is 4.32 Å². The molecule has 2 amide bonds. The Labute approximate surface area is 214 Å². The van der Waals surface area contributed by atoms with Crippen LogP contribution in [0.4, 0.5) is 0 Å². The summed E-state index contributed by atoms with van der Waals surface area (Å²) in [5.41, 5.74) is 1.63. The highest BCUT2D eigenvalue weighted by atomic mass is 32.2. The number of carbonyl (C=O) groups is 2. The molecular weight excluding hydrogens is 508 g/mol. The molecule has 0 unspecified atom stereocenters. The van der Waals surface area contributed by atoms with Gasteiger partial charge in [0.15, 0.2) is 11.5 Å². The fraction of sp³-hybridized carbons (Fsp3) is 0.182. The Morgan fingerprint density at radius 3 is 2.89 bits per heavy atom. The average Bonchev–Trinajstić information content (AvgIpc) is 3.59. The Kier molecular flexibility index (Phi) is 6.97. The summed E-state index contributed by atoms with van der Waals surface area (Å²) in [6.07, 6.45) is 1.77. The highest BCUT2D eigenvalue weighted by molar-refractivity contribution is 8.26. The predicted octanol–water partition coefficient (Wildman–Crippen LogP) is 2.50. The molecule has 3 aromatic rings. The van der Waals surface area contributed by atoms with Gasteiger partial charge in [-0.25, -0.2) is 0 Å². The zero-order valence-corrected chi connectivity index (χ0v) is 20.6. The van der Waals surface area contributed by atoms with Crippen molar-refractivity contribution in [3.05, 3.63) is 59.0 Å². The average molecular weight is 527 g/mol. The van der Waals surface area contributed by atoms with E-state index in [0.29, 0.717) is 25.9 Å². The molecule has 0 atom stereocenters. The summed E-state index contributed by atoms with van der Waals surface area (Å²) in [4.78, 5) is 27.2. The van der Waals surface area contributed by atoms with Gasteiger partial charge in [-0.15, -0.1) is 5.10 Å². The van der Waals surface area contributed by atoms with Gasteiger partial charge in [-0.2, -0.15) is 4.68 Å². The number of hydrogen-bond acceptors (Lipinski definition) is 10. The topological polar surface area (TPSA) is 111 Å². The van der Waals surface area contributed by atoms with E-state index in [1.165, 1.54) is 28.4 Å². The molecule has 2 aromatic carbocycles. The number of nitrogens with zero attached hydrogens (tertiary/aromatic N) is 5. The van der Waals surface area contributed by atoms with E-state index in [0.717, 1.165) is 11.3 Å². The summed E-state index contributed by atoms with van der Waals surface area (Å²) in [5, 5.41) is 15.0. The summed E-state index contributed by atoms with van der Waals surface area (Å²) >= 11 is 7.83. The lowest BCUT2D eigenvalue weighted by molar-refractivity contribution is -0.123. The highest BCUT2D eigenvalue weighted by Gasteiger charge is 2.31. The van der Waals surface area contributed by atoms with E-state index in [1.807, 2.05) is 42.5 Å². The third-order valence-electron chi connectivity index (χ3n) is 5.00. The number of carbonyl (C=O) groups excluding carboxylic acids is 2. The molecule has 0 saturated carbocycles. The van der Waals surface area contributed by atoms with Gasteiger partial charge < -0.3 is 14.8 Å². The van der Waals surface area contributed by atoms with E-state index < -0.39 is 0 Å². The van der Waals surface area contributed by atoms with E-state index in [2.05, 4.69) is 20.8 Å². The standard InChI is InChI=1S/C22H18N6O4S3/c29-19(12-34-21-24-25-26-28(21)15-4-2-1-3-5-15)23-8-9-27-20(30)18(35-22(27)33)11-14-6-7-16-17(10-14)32-13-31-16/h1-7,10-11H,8-9,12-13H2,(H,23,29)/b18-11+. The maximum absolute atomic E-state index is 12.8. The van der Waals surface area contributed by atoms with Crippen LogP contribution < -0.4 is 14.8 Å². The number of amides is 2. The SMILES string of the molecule is O=C(CSc1nnnn1-c1ccccc1)NCCN1C(=O)/C(=C\c2ccc3c(c2)OCO3)SC1=S. The zero-order valence-electron chi connectivity index (χ0n) is 18.1. The summed E-state index contributed by atoms with van der Waals surface area (Å²) in [6, 6.07) is 14.9. The molecule has 0 spiro atoms. The summed E-state index contributed by atoms with van der Waals surface area (Å²) in [5.74, 6) is 1.07. The zero-order chi connectivity index (χ0) is 24.2. The Balaban J connectivity index is 1.12. The van der Waals surface area contributed by atoms with Crippen LogP contribution in [0.5, 0.6) is 11.5 Å². The van der Waals surface area contributed by atoms with E-state index in [9.17, 15) is 9.59 Å². The Morgan fingerprint density at radius 2 is 2.03 bits per heavy atom. The number of thiocarbonyl (C=S) groups is 1. The number of tetrazole rings is 1. The van der Waals surface area contributed by atoms with Crippen LogP contribution in [0.2, 0.25) is 0 Å². The molecule has 1 N–H and O–H groups in total. The van der Waals surface area contributed by atoms with Gasteiger partial charge in [-0.05, 0) is 46.3 Å². The van der Waals surface area contributed by atoms with Gasteiger partial charge in [-0.1, -0.05) is 60.0 Å². The lowest BCUT2D eigenvalue weighted by atomic mass is 10.2. The van der Waals surface area contributed by atoms with E-state index in [4.69, 9.17) is 21.7 Å². The second-order valence-electron chi connectivity index (χ2n) is 7.29. The second kappa shape index (κ2) is 10.5. The van der Waals surface area contributed by atoms with Crippen molar-refractivity contribution in [3.63, 3.8) is 0 Å². The van der Waals surface area contributed by atoms with Crippen LogP contribution in [0.25, 0.3) is 11.8 Å². The Bertz CT molecular complexity index is 1310. The molecule has 5 rings (SSSR count). The quantitative estimate of drug-likeness (QED) is 0.267. The van der Waals surface area contributed by atoms with Gasteiger partial charge >= 0.3 is 0 Å². The van der Waals surface area contributed by atoms with Crippen molar-refractivity contribution in [2.75, 3.05) is 25.6 Å². The Morgan fingerprint density at radius 1 is 1.20 bits per heavy atom. The molecule has 2 aliphatic rings. The first-order valence-electron chi connectivity index (χ1n) is 10.5. The number of ether oxygens (including phenoxy) is 2. The number of fused-ring (bicyclic) bond motifs is 1. The van der Waals surface area contributed by atoms with Gasteiger partial charge in [0, 0.05) is 13.1 Å². The molecule has 1 fully saturated rings. The summed E-state index contributed by atoms with van der Waals surface area (Å²) < 4.78 is 12.7. The van der Waals surface area contributed by atoms with Crippen molar-refractivity contribution in [2.45, 2.75) is 5.16 Å². The van der Waals surface area contributed by atoms with Crippen LogP contribution in [-0.4, -0.2) is 66.9 Å². The maximum atomic E-state index is 12.8. The van der Waals surface area contributed by atoms with E-state index >= 15 is 0 Å². The fourth-order valence-electron chi connectivity index (χ4n) is 3.34. The minimum atomic E-state index is -0.195. The number of aromatic nitrogens is 4. The molecule has 1 saturated heterocycles. The first-order chi connectivity index (χ1) is 17.1. The lowest BCUT2D eigenvalue weighted by Crippen LogP contribution is -2.37. The van der Waals surface area contributed by atoms with Crippen molar-refractivity contribution in [1.82, 2.24) is 30.4 Å². The lowest BCUT2D eigenvalue weighted by Gasteiger charge is -2.14. The molecule has 2 aliphatic heterocycles. The minimum absolute atomic E-state index is 0.135. The normalized spacial score (nSPS) is 15.8. The number of thioether (sulfide) groups is 2. The van der Waals surface area contributed by atoms with Gasteiger partial charge in [-0.3, -0.25) is 14.5 Å². The molecular formula is C22H18N6O4S3. The van der Waals surface area contributed by atoms with E-state index in [1.54, 1.807) is 16.8 Å². The van der Waals surface area contributed by atoms with Crippen molar-refractivity contribution < 1.29 is 19.1 Å². The molecule has 0 radical (unpaired) electrons. The molecule has 0 bridgehead atoms. The molecule has 178 valence electrons. The van der Waals surface area contributed by atoms with Crippen LogP contribution in [0.15, 0.2) is 58.6 Å². The first-order valence-corrected chi connectivity index (χ1v) is 12.7. The molecule has 0 aliphatic carbocycles. The molecule has 35 heavy (non-hydrogen) atoms. The summed E-state index contributed by atoms with van der Waals surface area (Å²) in [6.45, 7) is 0.739. The van der Waals surface area contributed by atoms with Gasteiger partial charge in [0.05, 0.1) is 16.3 Å². The summed E-state index contributed by atoms with van der Waals surface area (Å²) in [7, 11) is 0. The molecule has 3 heterocycles. The van der Waals surface area contributed by atoms with Crippen molar-refractivity contribution in [1.29, 1.82) is 0 Å². The highest BCUT2D eigenvalue weighted by Crippen LogP contribution is 2.36. The predicted molar refractivity (Wildman–Crippen MR) is 135 cm³/mol. The van der Waals surface area contributed by atoms with Crippen LogP contribution in [0.1, 0.15) is 5.56 Å². The molecule has 10 nitrogen and oxygen atoms in total. The Hall–Kier alpha value is -3.42. The smallest absolute Gasteiger partial charge is 0.266 e. The molecule has 13 heteroatoms. The van der Waals surface area contributed by atoms with Crippen molar-refractivity contribution in [3.8, 4) is 17.2 Å². The van der Waals surface area contributed by atoms with Crippen molar-refractivity contribution >= 4 is 58.0 Å². The first kappa shape index (κ1) is 23.3. The largest absolute Gasteiger partial charge is 0.454 e. The number of nitrogens with one attached hydrogen (secondary N) is 1. The van der Waals surface area contributed by atoms with Crippen LogP contribution in [0.3, 0.4) is 0 Å². The molecule has 1 aromatic heterocycles. The van der Waals surface area contributed by atoms with Crippen LogP contribution in [-0.2, 0) is 9.59 Å². The number of hydrogen-bond donors (Lipinski definition) is 1. The fourth-order valence-corrected chi connectivity index (χ4v) is 5.36. The number of para-hydroxylation sites is 1. The van der Waals surface area contributed by atoms with Crippen LogP contribution in [0, 0.1) is 0 Å².